The lowest BCUT2D eigenvalue weighted by atomic mass is 10.0. The molecule has 1 aromatic carbocycles. The number of aromatic nitrogens is 1. The van der Waals surface area contributed by atoms with E-state index >= 15 is 0 Å². The molecule has 3 heteroatoms. The van der Waals surface area contributed by atoms with E-state index in [9.17, 15) is 0 Å². The molecule has 2 aromatic rings. The van der Waals surface area contributed by atoms with E-state index in [0.717, 1.165) is 10.9 Å². The second-order valence-corrected chi connectivity index (χ2v) is 7.20. The molecule has 0 saturated heterocycles. The maximum absolute atomic E-state index is 4.69. The fourth-order valence-electron chi connectivity index (χ4n) is 2.89. The Balaban J connectivity index is 1.79. The van der Waals surface area contributed by atoms with E-state index < -0.39 is 0 Å². The minimum absolute atomic E-state index is 0.311. The molecule has 1 aliphatic carbocycles. The van der Waals surface area contributed by atoms with Gasteiger partial charge >= 0.3 is 0 Å². The van der Waals surface area contributed by atoms with Crippen molar-refractivity contribution in [2.75, 3.05) is 0 Å². The highest BCUT2D eigenvalue weighted by molar-refractivity contribution is 7.11. The van der Waals surface area contributed by atoms with Crippen LogP contribution < -0.4 is 5.32 Å². The normalized spacial score (nSPS) is 17.9. The van der Waals surface area contributed by atoms with Crippen LogP contribution in [0.1, 0.15) is 53.0 Å². The van der Waals surface area contributed by atoms with Crippen LogP contribution in [0.2, 0.25) is 0 Å². The molecule has 3 rings (SSSR count). The smallest absolute Gasteiger partial charge is 0.0900 e. The van der Waals surface area contributed by atoms with Crippen LogP contribution in [0.3, 0.4) is 0 Å². The van der Waals surface area contributed by atoms with E-state index in [0.29, 0.717) is 12.1 Å². The highest BCUT2D eigenvalue weighted by atomic mass is 32.1. The Labute approximate surface area is 125 Å². The lowest BCUT2D eigenvalue weighted by Gasteiger charge is -2.23. The summed E-state index contributed by atoms with van der Waals surface area (Å²) in [5, 5.41) is 4.97. The summed E-state index contributed by atoms with van der Waals surface area (Å²) in [6.07, 6.45) is 2.68. The summed E-state index contributed by atoms with van der Waals surface area (Å²) >= 11 is 1.79. The van der Waals surface area contributed by atoms with Crippen molar-refractivity contribution in [3.8, 4) is 0 Å². The van der Waals surface area contributed by atoms with Crippen molar-refractivity contribution >= 4 is 11.3 Å². The molecule has 1 saturated carbocycles. The van der Waals surface area contributed by atoms with E-state index in [1.54, 1.807) is 11.3 Å². The van der Waals surface area contributed by atoms with Gasteiger partial charge in [-0.2, -0.15) is 0 Å². The fraction of sp³-hybridized carbons (Fsp3) is 0.471. The van der Waals surface area contributed by atoms with Crippen molar-refractivity contribution in [3.63, 3.8) is 0 Å². The first-order valence-corrected chi connectivity index (χ1v) is 8.21. The Morgan fingerprint density at radius 1 is 1.20 bits per heavy atom. The molecule has 0 amide bonds. The van der Waals surface area contributed by atoms with Gasteiger partial charge in [0.25, 0.3) is 0 Å². The van der Waals surface area contributed by atoms with Crippen molar-refractivity contribution in [1.29, 1.82) is 0 Å². The number of benzene rings is 1. The third kappa shape index (κ3) is 2.94. The van der Waals surface area contributed by atoms with Gasteiger partial charge in [-0.3, -0.25) is 0 Å². The van der Waals surface area contributed by atoms with Gasteiger partial charge < -0.3 is 5.32 Å². The molecule has 1 aliphatic rings. The lowest BCUT2D eigenvalue weighted by Crippen LogP contribution is -2.26. The van der Waals surface area contributed by atoms with Gasteiger partial charge in [0.05, 0.1) is 10.7 Å². The molecule has 1 aromatic heterocycles. The summed E-state index contributed by atoms with van der Waals surface area (Å²) in [6.45, 7) is 6.50. The number of rotatable bonds is 5. The second-order valence-electron chi connectivity index (χ2n) is 5.79. The molecule has 2 nitrogen and oxygen atoms in total. The molecular formula is C17H22N2S. The zero-order valence-electron chi connectivity index (χ0n) is 12.4. The number of nitrogens with one attached hydrogen (secondary N) is 1. The number of hydrogen-bond donors (Lipinski definition) is 1. The topological polar surface area (TPSA) is 24.9 Å². The Morgan fingerprint density at radius 3 is 2.45 bits per heavy atom. The van der Waals surface area contributed by atoms with E-state index in [1.807, 2.05) is 0 Å². The summed E-state index contributed by atoms with van der Waals surface area (Å²) in [5.74, 6) is 0.792. The van der Waals surface area contributed by atoms with E-state index in [2.05, 4.69) is 56.4 Å². The van der Waals surface area contributed by atoms with Crippen LogP contribution >= 0.6 is 11.3 Å². The Kier molecular flexibility index (Phi) is 3.90. The second kappa shape index (κ2) is 5.66. The van der Waals surface area contributed by atoms with Crippen molar-refractivity contribution in [2.24, 2.45) is 5.92 Å². The maximum Gasteiger partial charge on any atom is 0.0900 e. The molecule has 0 aliphatic heterocycles. The minimum atomic E-state index is 0.311. The fourth-order valence-corrected chi connectivity index (χ4v) is 3.80. The third-order valence-corrected chi connectivity index (χ3v) is 4.93. The zero-order valence-corrected chi connectivity index (χ0v) is 13.2. The van der Waals surface area contributed by atoms with Gasteiger partial charge in [0, 0.05) is 17.0 Å². The average Bonchev–Trinajstić information content (AvgIpc) is 3.22. The van der Waals surface area contributed by atoms with E-state index in [4.69, 9.17) is 4.98 Å². The quantitative estimate of drug-likeness (QED) is 0.871. The summed E-state index contributed by atoms with van der Waals surface area (Å²) in [5.41, 5.74) is 2.63. The molecule has 0 radical (unpaired) electrons. The SMILES string of the molecule is Cc1nc(C(C)NC(c2ccccc2)C2CC2)c(C)s1. The molecule has 2 unspecified atom stereocenters. The van der Waals surface area contributed by atoms with Crippen LogP contribution in [-0.4, -0.2) is 4.98 Å². The standard InChI is InChI=1S/C17H22N2S/c1-11(16-12(2)20-13(3)19-16)18-17(15-9-10-15)14-7-5-4-6-8-14/h4-8,11,15,17-18H,9-10H2,1-3H3. The van der Waals surface area contributed by atoms with Crippen molar-refractivity contribution in [2.45, 2.75) is 45.7 Å². The van der Waals surface area contributed by atoms with E-state index in [-0.39, 0.29) is 0 Å². The van der Waals surface area contributed by atoms with Crippen LogP contribution in [0.4, 0.5) is 0 Å². The molecule has 1 heterocycles. The van der Waals surface area contributed by atoms with Crippen LogP contribution in [0, 0.1) is 19.8 Å². The molecule has 1 fully saturated rings. The molecule has 0 bridgehead atoms. The Hall–Kier alpha value is -1.19. The first kappa shape index (κ1) is 13.8. The number of nitrogens with zero attached hydrogens (tertiary/aromatic N) is 1. The molecule has 20 heavy (non-hydrogen) atoms. The Bertz CT molecular complexity index is 572. The predicted octanol–water partition coefficient (Wildman–Crippen LogP) is 4.56. The number of thiazole rings is 1. The third-order valence-electron chi connectivity index (χ3n) is 4.03. The summed E-state index contributed by atoms with van der Waals surface area (Å²) < 4.78 is 0. The monoisotopic (exact) mass is 286 g/mol. The molecule has 1 N–H and O–H groups in total. The van der Waals surface area contributed by atoms with Crippen molar-refractivity contribution < 1.29 is 0 Å². The summed E-state index contributed by atoms with van der Waals surface area (Å²) in [6, 6.07) is 11.6. The molecular weight excluding hydrogens is 264 g/mol. The van der Waals surface area contributed by atoms with Gasteiger partial charge in [0.1, 0.15) is 0 Å². The van der Waals surface area contributed by atoms with Gasteiger partial charge in [-0.1, -0.05) is 30.3 Å². The van der Waals surface area contributed by atoms with Gasteiger partial charge in [-0.25, -0.2) is 4.98 Å². The number of hydrogen-bond acceptors (Lipinski definition) is 3. The first-order valence-electron chi connectivity index (χ1n) is 7.40. The Morgan fingerprint density at radius 2 is 1.90 bits per heavy atom. The van der Waals surface area contributed by atoms with Gasteiger partial charge in [0.15, 0.2) is 0 Å². The van der Waals surface area contributed by atoms with Crippen molar-refractivity contribution in [3.05, 3.63) is 51.5 Å². The van der Waals surface area contributed by atoms with Gasteiger partial charge in [-0.15, -0.1) is 11.3 Å². The van der Waals surface area contributed by atoms with Gasteiger partial charge in [0.2, 0.25) is 0 Å². The molecule has 0 spiro atoms. The highest BCUT2D eigenvalue weighted by Crippen LogP contribution is 2.42. The summed E-state index contributed by atoms with van der Waals surface area (Å²) in [4.78, 5) is 6.03. The van der Waals surface area contributed by atoms with Gasteiger partial charge in [-0.05, 0) is 45.1 Å². The van der Waals surface area contributed by atoms with Crippen LogP contribution in [0.25, 0.3) is 0 Å². The highest BCUT2D eigenvalue weighted by Gasteiger charge is 2.33. The molecule has 106 valence electrons. The average molecular weight is 286 g/mol. The largest absolute Gasteiger partial charge is 0.302 e. The summed E-state index contributed by atoms with van der Waals surface area (Å²) in [7, 11) is 0. The maximum atomic E-state index is 4.69. The minimum Gasteiger partial charge on any atom is -0.302 e. The lowest BCUT2D eigenvalue weighted by molar-refractivity contribution is 0.422. The van der Waals surface area contributed by atoms with E-state index in [1.165, 1.54) is 29.0 Å². The van der Waals surface area contributed by atoms with Crippen LogP contribution in [0.5, 0.6) is 0 Å². The first-order chi connectivity index (χ1) is 9.65. The van der Waals surface area contributed by atoms with Crippen LogP contribution in [-0.2, 0) is 0 Å². The van der Waals surface area contributed by atoms with Crippen LogP contribution in [0.15, 0.2) is 30.3 Å². The van der Waals surface area contributed by atoms with Crippen molar-refractivity contribution in [1.82, 2.24) is 10.3 Å². The number of aryl methyl sites for hydroxylation is 2. The molecule has 2 atom stereocenters. The zero-order chi connectivity index (χ0) is 14.1. The predicted molar refractivity (Wildman–Crippen MR) is 85.0 cm³/mol.